The molecule has 0 amide bonds. The SMILES string of the molecule is CCNc1cc(CC(C)C)nc(-c2ncn[nH]2)n1. The molecule has 0 atom stereocenters. The second-order valence-corrected chi connectivity index (χ2v) is 4.53. The minimum atomic E-state index is 0.553. The molecule has 0 saturated heterocycles. The number of aromatic amines is 1. The third-order valence-electron chi connectivity index (χ3n) is 2.38. The van der Waals surface area contributed by atoms with E-state index in [4.69, 9.17) is 0 Å². The van der Waals surface area contributed by atoms with E-state index in [1.165, 1.54) is 6.33 Å². The first-order valence-corrected chi connectivity index (χ1v) is 6.16. The number of anilines is 1. The van der Waals surface area contributed by atoms with Gasteiger partial charge in [-0.3, -0.25) is 5.10 Å². The van der Waals surface area contributed by atoms with Crippen LogP contribution in [0, 0.1) is 5.92 Å². The summed E-state index contributed by atoms with van der Waals surface area (Å²) in [5.41, 5.74) is 1.02. The molecule has 2 aromatic heterocycles. The number of nitrogens with zero attached hydrogens (tertiary/aromatic N) is 4. The number of H-pyrrole nitrogens is 1. The molecule has 0 aromatic carbocycles. The van der Waals surface area contributed by atoms with Gasteiger partial charge < -0.3 is 5.32 Å². The van der Waals surface area contributed by atoms with Crippen LogP contribution in [0.2, 0.25) is 0 Å². The Morgan fingerprint density at radius 2 is 2.17 bits per heavy atom. The molecule has 0 bridgehead atoms. The van der Waals surface area contributed by atoms with Crippen molar-refractivity contribution in [2.75, 3.05) is 11.9 Å². The Kier molecular flexibility index (Phi) is 3.86. The first kappa shape index (κ1) is 12.5. The monoisotopic (exact) mass is 246 g/mol. The van der Waals surface area contributed by atoms with Crippen LogP contribution in [-0.4, -0.2) is 31.7 Å². The van der Waals surface area contributed by atoms with Gasteiger partial charge in [0.25, 0.3) is 0 Å². The summed E-state index contributed by atoms with van der Waals surface area (Å²) in [6, 6.07) is 1.99. The van der Waals surface area contributed by atoms with Crippen LogP contribution in [0.25, 0.3) is 11.6 Å². The van der Waals surface area contributed by atoms with Crippen LogP contribution in [-0.2, 0) is 6.42 Å². The second kappa shape index (κ2) is 5.57. The lowest BCUT2D eigenvalue weighted by molar-refractivity contribution is 0.634. The van der Waals surface area contributed by atoms with Crippen LogP contribution >= 0.6 is 0 Å². The maximum atomic E-state index is 4.51. The zero-order chi connectivity index (χ0) is 13.0. The van der Waals surface area contributed by atoms with Crippen molar-refractivity contribution in [1.29, 1.82) is 0 Å². The van der Waals surface area contributed by atoms with Crippen LogP contribution in [0.15, 0.2) is 12.4 Å². The van der Waals surface area contributed by atoms with Crippen LogP contribution < -0.4 is 5.32 Å². The maximum absolute atomic E-state index is 4.51. The van der Waals surface area contributed by atoms with Gasteiger partial charge in [0, 0.05) is 18.3 Å². The minimum absolute atomic E-state index is 0.553. The molecule has 0 aliphatic carbocycles. The molecule has 96 valence electrons. The summed E-state index contributed by atoms with van der Waals surface area (Å²) in [6.45, 7) is 7.21. The predicted molar refractivity (Wildman–Crippen MR) is 70.1 cm³/mol. The zero-order valence-electron chi connectivity index (χ0n) is 10.9. The number of hydrogen-bond donors (Lipinski definition) is 2. The standard InChI is InChI=1S/C12H18N6/c1-4-13-10-6-9(5-8(2)3)16-12(17-10)11-14-7-15-18-11/h6-8H,4-5H2,1-3H3,(H,13,16,17)(H,14,15,18). The summed E-state index contributed by atoms with van der Waals surface area (Å²) in [5, 5.41) is 9.83. The lowest BCUT2D eigenvalue weighted by Gasteiger charge is -2.09. The van der Waals surface area contributed by atoms with Crippen molar-refractivity contribution in [1.82, 2.24) is 25.1 Å². The molecular weight excluding hydrogens is 228 g/mol. The Morgan fingerprint density at radius 3 is 2.78 bits per heavy atom. The van der Waals surface area contributed by atoms with Crippen molar-refractivity contribution in [2.45, 2.75) is 27.2 Å². The molecule has 0 aliphatic rings. The van der Waals surface area contributed by atoms with Crippen LogP contribution in [0.1, 0.15) is 26.5 Å². The Labute approximate surface area is 106 Å². The molecule has 2 N–H and O–H groups in total. The van der Waals surface area contributed by atoms with E-state index in [9.17, 15) is 0 Å². The van der Waals surface area contributed by atoms with Gasteiger partial charge in [0.1, 0.15) is 12.1 Å². The fraction of sp³-hybridized carbons (Fsp3) is 0.500. The molecule has 0 unspecified atom stereocenters. The van der Waals surface area contributed by atoms with E-state index in [-0.39, 0.29) is 0 Å². The van der Waals surface area contributed by atoms with Crippen molar-refractivity contribution in [3.8, 4) is 11.6 Å². The highest BCUT2D eigenvalue weighted by atomic mass is 15.2. The van der Waals surface area contributed by atoms with Crippen LogP contribution in [0.4, 0.5) is 5.82 Å². The van der Waals surface area contributed by atoms with E-state index < -0.39 is 0 Å². The molecule has 18 heavy (non-hydrogen) atoms. The van der Waals surface area contributed by atoms with Gasteiger partial charge in [0.2, 0.25) is 0 Å². The minimum Gasteiger partial charge on any atom is -0.370 e. The molecule has 2 heterocycles. The lowest BCUT2D eigenvalue weighted by Crippen LogP contribution is -2.06. The average Bonchev–Trinajstić information content (AvgIpc) is 2.81. The summed E-state index contributed by atoms with van der Waals surface area (Å²) in [4.78, 5) is 13.0. The van der Waals surface area contributed by atoms with E-state index in [0.29, 0.717) is 17.6 Å². The average molecular weight is 246 g/mol. The predicted octanol–water partition coefficient (Wildman–Crippen LogP) is 1.89. The van der Waals surface area contributed by atoms with Gasteiger partial charge in [-0.05, 0) is 19.3 Å². The molecular formula is C12H18N6. The summed E-state index contributed by atoms with van der Waals surface area (Å²) in [5.74, 6) is 2.56. The number of hydrogen-bond acceptors (Lipinski definition) is 5. The van der Waals surface area contributed by atoms with Crippen molar-refractivity contribution in [2.24, 2.45) is 5.92 Å². The molecule has 0 radical (unpaired) electrons. The highest BCUT2D eigenvalue weighted by molar-refractivity contribution is 5.48. The summed E-state index contributed by atoms with van der Waals surface area (Å²) in [6.07, 6.45) is 2.38. The second-order valence-electron chi connectivity index (χ2n) is 4.53. The van der Waals surface area contributed by atoms with Gasteiger partial charge in [0.05, 0.1) is 0 Å². The van der Waals surface area contributed by atoms with E-state index >= 15 is 0 Å². The first-order chi connectivity index (χ1) is 8.69. The topological polar surface area (TPSA) is 79.4 Å². The van der Waals surface area contributed by atoms with Gasteiger partial charge in [-0.25, -0.2) is 15.0 Å². The maximum Gasteiger partial charge on any atom is 0.199 e. The van der Waals surface area contributed by atoms with Gasteiger partial charge >= 0.3 is 0 Å². The summed E-state index contributed by atoms with van der Waals surface area (Å²) >= 11 is 0. The molecule has 0 fully saturated rings. The Morgan fingerprint density at radius 1 is 1.33 bits per heavy atom. The molecule has 6 nitrogen and oxygen atoms in total. The van der Waals surface area contributed by atoms with E-state index in [0.717, 1.165) is 24.5 Å². The van der Waals surface area contributed by atoms with Gasteiger partial charge in [-0.2, -0.15) is 5.10 Å². The smallest absolute Gasteiger partial charge is 0.199 e. The Hall–Kier alpha value is -1.98. The third kappa shape index (κ3) is 3.03. The number of aromatic nitrogens is 5. The third-order valence-corrected chi connectivity index (χ3v) is 2.38. The largest absolute Gasteiger partial charge is 0.370 e. The summed E-state index contributed by atoms with van der Waals surface area (Å²) in [7, 11) is 0. The molecule has 0 saturated carbocycles. The quantitative estimate of drug-likeness (QED) is 0.842. The number of nitrogens with one attached hydrogen (secondary N) is 2. The fourth-order valence-electron chi connectivity index (χ4n) is 1.71. The van der Waals surface area contributed by atoms with Gasteiger partial charge in [0.15, 0.2) is 11.6 Å². The first-order valence-electron chi connectivity index (χ1n) is 6.16. The van der Waals surface area contributed by atoms with Gasteiger partial charge in [-0.1, -0.05) is 13.8 Å². The van der Waals surface area contributed by atoms with Crippen molar-refractivity contribution in [3.63, 3.8) is 0 Å². The van der Waals surface area contributed by atoms with Gasteiger partial charge in [-0.15, -0.1) is 0 Å². The lowest BCUT2D eigenvalue weighted by atomic mass is 10.1. The van der Waals surface area contributed by atoms with Crippen molar-refractivity contribution in [3.05, 3.63) is 18.1 Å². The van der Waals surface area contributed by atoms with Crippen molar-refractivity contribution >= 4 is 5.82 Å². The van der Waals surface area contributed by atoms with E-state index in [1.807, 2.05) is 13.0 Å². The van der Waals surface area contributed by atoms with Crippen molar-refractivity contribution < 1.29 is 0 Å². The number of rotatable bonds is 5. The van der Waals surface area contributed by atoms with Crippen LogP contribution in [0.3, 0.4) is 0 Å². The fourth-order valence-corrected chi connectivity index (χ4v) is 1.71. The Balaban J connectivity index is 2.36. The van der Waals surface area contributed by atoms with E-state index in [2.05, 4.69) is 44.3 Å². The highest BCUT2D eigenvalue weighted by Crippen LogP contribution is 2.16. The molecule has 2 aromatic rings. The highest BCUT2D eigenvalue weighted by Gasteiger charge is 2.09. The molecule has 0 aliphatic heterocycles. The zero-order valence-corrected chi connectivity index (χ0v) is 10.9. The van der Waals surface area contributed by atoms with E-state index in [1.54, 1.807) is 0 Å². The summed E-state index contributed by atoms with van der Waals surface area (Å²) < 4.78 is 0. The Bertz CT molecular complexity index is 491. The molecule has 2 rings (SSSR count). The molecule has 0 spiro atoms. The van der Waals surface area contributed by atoms with Crippen LogP contribution in [0.5, 0.6) is 0 Å². The molecule has 6 heteroatoms. The normalized spacial score (nSPS) is 10.9.